The SMILES string of the molecule is CC1=C(C(=O)OCC(Cc2ccccc2)NC(=O)OC(C)(C)C)C(c2ccccc2OC(F)F)C([N+](=O)[O-])=C(C)N1. The quantitative estimate of drug-likeness (QED) is 0.219. The van der Waals surface area contributed by atoms with E-state index < -0.39 is 46.9 Å². The summed E-state index contributed by atoms with van der Waals surface area (Å²) >= 11 is 0. The molecule has 0 saturated carbocycles. The summed E-state index contributed by atoms with van der Waals surface area (Å²) in [6.45, 7) is 4.61. The number of esters is 1. The van der Waals surface area contributed by atoms with Gasteiger partial charge in [0.05, 0.1) is 22.2 Å². The molecule has 1 aliphatic heterocycles. The Bertz CT molecular complexity index is 1340. The highest BCUT2D eigenvalue weighted by Crippen LogP contribution is 2.42. The zero-order valence-electron chi connectivity index (χ0n) is 23.4. The van der Waals surface area contributed by atoms with Gasteiger partial charge < -0.3 is 24.8 Å². The lowest BCUT2D eigenvalue weighted by Crippen LogP contribution is -2.43. The summed E-state index contributed by atoms with van der Waals surface area (Å²) in [4.78, 5) is 37.6. The minimum Gasteiger partial charge on any atom is -0.460 e. The highest BCUT2D eigenvalue weighted by atomic mass is 19.3. The number of ether oxygens (including phenoxy) is 3. The van der Waals surface area contributed by atoms with Gasteiger partial charge in [0, 0.05) is 11.3 Å². The lowest BCUT2D eigenvalue weighted by atomic mass is 9.83. The number of alkyl carbamates (subject to hydrolysis) is 1. The number of dihydropyridines is 1. The van der Waals surface area contributed by atoms with Crippen molar-refractivity contribution in [3.63, 3.8) is 0 Å². The molecule has 2 aromatic carbocycles. The molecular formula is C29H33F2N3O7. The first-order valence-electron chi connectivity index (χ1n) is 12.8. The Morgan fingerprint density at radius 3 is 2.29 bits per heavy atom. The van der Waals surface area contributed by atoms with Gasteiger partial charge in [-0.05, 0) is 52.7 Å². The second-order valence-corrected chi connectivity index (χ2v) is 10.4. The van der Waals surface area contributed by atoms with Gasteiger partial charge in [-0.15, -0.1) is 0 Å². The number of halogens is 2. The highest BCUT2D eigenvalue weighted by Gasteiger charge is 2.42. The molecule has 1 heterocycles. The molecule has 0 saturated heterocycles. The number of nitrogens with zero attached hydrogens (tertiary/aromatic N) is 1. The van der Waals surface area contributed by atoms with E-state index in [2.05, 4.69) is 15.4 Å². The second-order valence-electron chi connectivity index (χ2n) is 10.4. The van der Waals surface area contributed by atoms with Crippen molar-refractivity contribution in [3.8, 4) is 5.75 Å². The molecule has 10 nitrogen and oxygen atoms in total. The van der Waals surface area contributed by atoms with Gasteiger partial charge in [0.1, 0.15) is 23.9 Å². The number of para-hydroxylation sites is 1. The number of nitrogens with one attached hydrogen (secondary N) is 2. The predicted molar refractivity (Wildman–Crippen MR) is 146 cm³/mol. The van der Waals surface area contributed by atoms with Crippen LogP contribution in [0.2, 0.25) is 0 Å². The average molecular weight is 574 g/mol. The molecule has 2 aromatic rings. The van der Waals surface area contributed by atoms with Crippen molar-refractivity contribution < 1.29 is 37.5 Å². The Kier molecular flexibility index (Phi) is 10.0. The number of hydrogen-bond donors (Lipinski definition) is 2. The first-order valence-corrected chi connectivity index (χ1v) is 12.8. The maximum Gasteiger partial charge on any atom is 0.408 e. The summed E-state index contributed by atoms with van der Waals surface area (Å²) in [5.74, 6) is -2.61. The molecule has 0 radical (unpaired) electrons. The van der Waals surface area contributed by atoms with Gasteiger partial charge in [0.25, 0.3) is 5.70 Å². The van der Waals surface area contributed by atoms with E-state index in [1.807, 2.05) is 30.3 Å². The van der Waals surface area contributed by atoms with E-state index in [1.165, 1.54) is 38.1 Å². The molecule has 0 aromatic heterocycles. The largest absolute Gasteiger partial charge is 0.460 e. The number of alkyl halides is 2. The molecule has 2 unspecified atom stereocenters. The van der Waals surface area contributed by atoms with E-state index in [1.54, 1.807) is 20.8 Å². The zero-order valence-corrected chi connectivity index (χ0v) is 23.4. The number of allylic oxidation sites excluding steroid dienone is 3. The monoisotopic (exact) mass is 573 g/mol. The van der Waals surface area contributed by atoms with E-state index in [0.29, 0.717) is 0 Å². The van der Waals surface area contributed by atoms with E-state index >= 15 is 0 Å². The summed E-state index contributed by atoms with van der Waals surface area (Å²) in [5.41, 5.74) is -0.102. The molecule has 0 bridgehead atoms. The zero-order chi connectivity index (χ0) is 30.3. The Balaban J connectivity index is 1.94. The van der Waals surface area contributed by atoms with Gasteiger partial charge in [-0.3, -0.25) is 10.1 Å². The first-order chi connectivity index (χ1) is 19.3. The molecule has 0 fully saturated rings. The third kappa shape index (κ3) is 8.50. The number of benzene rings is 2. The molecule has 2 N–H and O–H groups in total. The van der Waals surface area contributed by atoms with E-state index in [9.17, 15) is 28.5 Å². The Labute approximate surface area is 236 Å². The minimum atomic E-state index is -3.19. The van der Waals surface area contributed by atoms with Crippen molar-refractivity contribution in [3.05, 3.63) is 98.5 Å². The van der Waals surface area contributed by atoms with Crippen LogP contribution in [0.1, 0.15) is 51.7 Å². The van der Waals surface area contributed by atoms with Crippen LogP contribution in [0.3, 0.4) is 0 Å². The number of hydrogen-bond acceptors (Lipinski definition) is 8. The van der Waals surface area contributed by atoms with Crippen LogP contribution in [-0.2, 0) is 20.7 Å². The predicted octanol–water partition coefficient (Wildman–Crippen LogP) is 5.44. The third-order valence-corrected chi connectivity index (χ3v) is 6.05. The Morgan fingerprint density at radius 1 is 1.05 bits per heavy atom. The van der Waals surface area contributed by atoms with E-state index in [-0.39, 0.29) is 41.3 Å². The van der Waals surface area contributed by atoms with Gasteiger partial charge in [-0.1, -0.05) is 48.5 Å². The van der Waals surface area contributed by atoms with Crippen LogP contribution in [0.15, 0.2) is 77.3 Å². The fourth-order valence-corrected chi connectivity index (χ4v) is 4.50. The van der Waals surface area contributed by atoms with Crippen molar-refractivity contribution in [1.82, 2.24) is 10.6 Å². The van der Waals surface area contributed by atoms with Gasteiger partial charge in [-0.2, -0.15) is 8.78 Å². The van der Waals surface area contributed by atoms with Crippen LogP contribution < -0.4 is 15.4 Å². The van der Waals surface area contributed by atoms with Crippen molar-refractivity contribution in [1.29, 1.82) is 0 Å². The fourth-order valence-electron chi connectivity index (χ4n) is 4.50. The molecule has 12 heteroatoms. The summed E-state index contributed by atoms with van der Waals surface area (Å²) < 4.78 is 42.0. The number of carbonyl (C=O) groups is 2. The van der Waals surface area contributed by atoms with Crippen molar-refractivity contribution >= 4 is 12.1 Å². The van der Waals surface area contributed by atoms with Crippen LogP contribution >= 0.6 is 0 Å². The van der Waals surface area contributed by atoms with Crippen molar-refractivity contribution in [2.75, 3.05) is 6.61 Å². The summed E-state index contributed by atoms with van der Waals surface area (Å²) in [6.07, 6.45) is -0.425. The standard InChI is InChI=1S/C29H33F2N3O7/c1-17-23(24(25(34(37)38)18(2)32-17)21-13-9-10-14-22(21)40-27(30)31)26(35)39-16-20(15-19-11-7-6-8-12-19)33-28(36)41-29(3,4)5/h6-14,20,24,27,32H,15-16H2,1-5H3,(H,33,36). The fraction of sp³-hybridized carbons (Fsp3) is 0.379. The lowest BCUT2D eigenvalue weighted by Gasteiger charge is -2.28. The molecule has 3 rings (SSSR count). The maximum atomic E-state index is 13.6. The number of amides is 1. The summed E-state index contributed by atoms with van der Waals surface area (Å²) in [7, 11) is 0. The first kappa shape index (κ1) is 31.1. The summed E-state index contributed by atoms with van der Waals surface area (Å²) in [6, 6.07) is 14.0. The smallest absolute Gasteiger partial charge is 0.408 e. The van der Waals surface area contributed by atoms with Gasteiger partial charge >= 0.3 is 18.7 Å². The lowest BCUT2D eigenvalue weighted by molar-refractivity contribution is -0.431. The van der Waals surface area contributed by atoms with E-state index in [0.717, 1.165) is 5.56 Å². The van der Waals surface area contributed by atoms with E-state index in [4.69, 9.17) is 9.47 Å². The number of carbonyl (C=O) groups excluding carboxylic acids is 2. The molecule has 220 valence electrons. The summed E-state index contributed by atoms with van der Waals surface area (Å²) in [5, 5.41) is 17.7. The number of nitro groups is 1. The molecule has 1 aliphatic rings. The molecule has 1 amide bonds. The van der Waals surface area contributed by atoms with Crippen LogP contribution in [0.25, 0.3) is 0 Å². The normalized spacial score (nSPS) is 16.1. The van der Waals surface area contributed by atoms with Crippen LogP contribution in [0.5, 0.6) is 5.75 Å². The molecule has 0 spiro atoms. The maximum absolute atomic E-state index is 13.6. The average Bonchev–Trinajstić information content (AvgIpc) is 2.86. The molecule has 2 atom stereocenters. The second kappa shape index (κ2) is 13.2. The van der Waals surface area contributed by atoms with Crippen LogP contribution in [0.4, 0.5) is 13.6 Å². The number of rotatable bonds is 10. The van der Waals surface area contributed by atoms with Crippen LogP contribution in [-0.4, -0.2) is 41.8 Å². The van der Waals surface area contributed by atoms with Crippen LogP contribution in [0, 0.1) is 10.1 Å². The van der Waals surface area contributed by atoms with Crippen molar-refractivity contribution in [2.45, 2.75) is 65.2 Å². The molecular weight excluding hydrogens is 540 g/mol. The molecule has 0 aliphatic carbocycles. The third-order valence-electron chi connectivity index (χ3n) is 6.05. The topological polar surface area (TPSA) is 129 Å². The Hall–Kier alpha value is -4.48. The highest BCUT2D eigenvalue weighted by molar-refractivity contribution is 5.92. The Morgan fingerprint density at radius 2 is 1.68 bits per heavy atom. The van der Waals surface area contributed by atoms with Crippen molar-refractivity contribution in [2.24, 2.45) is 0 Å². The minimum absolute atomic E-state index is 0.000587. The van der Waals surface area contributed by atoms with Gasteiger partial charge in [-0.25, -0.2) is 9.59 Å². The van der Waals surface area contributed by atoms with Gasteiger partial charge in [0.2, 0.25) is 0 Å². The van der Waals surface area contributed by atoms with Gasteiger partial charge in [0.15, 0.2) is 0 Å². The molecule has 41 heavy (non-hydrogen) atoms.